The molecule has 0 aliphatic rings. The van der Waals surface area contributed by atoms with Gasteiger partial charge in [-0.25, -0.2) is 14.3 Å². The van der Waals surface area contributed by atoms with Crippen LogP contribution in [-0.4, -0.2) is 17.1 Å². The second kappa shape index (κ2) is 9.35. The number of aromatic nitrogens is 2. The summed E-state index contributed by atoms with van der Waals surface area (Å²) in [6.45, 7) is 4.40. The van der Waals surface area contributed by atoms with Crippen LogP contribution >= 0.6 is 12.0 Å². The van der Waals surface area contributed by atoms with E-state index in [1.807, 2.05) is 24.3 Å². The smallest absolute Gasteiger partial charge is 0.132 e. The summed E-state index contributed by atoms with van der Waals surface area (Å²) >= 11 is 0.978. The topological polar surface area (TPSA) is 47.1 Å². The van der Waals surface area contributed by atoms with Crippen molar-refractivity contribution in [3.63, 3.8) is 0 Å². The Morgan fingerprint density at radius 2 is 1.89 bits per heavy atom. The van der Waals surface area contributed by atoms with Gasteiger partial charge in [-0.1, -0.05) is 38.8 Å². The maximum Gasteiger partial charge on any atom is 0.132 e. The van der Waals surface area contributed by atoms with Gasteiger partial charge in [-0.3, -0.25) is 0 Å². The lowest BCUT2D eigenvalue weighted by molar-refractivity contribution is -0.160. The summed E-state index contributed by atoms with van der Waals surface area (Å²) in [6, 6.07) is 10.8. The van der Waals surface area contributed by atoms with E-state index in [9.17, 15) is 4.39 Å². The number of imidazole rings is 1. The molecule has 0 fully saturated rings. The minimum atomic E-state index is -0.298. The monoisotopic (exact) mass is 388 g/mol. The van der Waals surface area contributed by atoms with Gasteiger partial charge in [0, 0.05) is 16.4 Å². The minimum Gasteiger partial charge on any atom is -0.342 e. The van der Waals surface area contributed by atoms with Crippen molar-refractivity contribution in [3.8, 4) is 11.1 Å². The third-order valence-corrected chi connectivity index (χ3v) is 5.26. The molecule has 0 radical (unpaired) electrons. The van der Waals surface area contributed by atoms with Gasteiger partial charge in [-0.15, -0.1) is 0 Å². The third-order valence-electron chi connectivity index (χ3n) is 4.61. The molecule has 3 rings (SSSR count). The Balaban J connectivity index is 1.90. The van der Waals surface area contributed by atoms with Crippen molar-refractivity contribution in [2.24, 2.45) is 0 Å². The summed E-state index contributed by atoms with van der Waals surface area (Å²) in [6.07, 6.45) is 4.51. The summed E-state index contributed by atoms with van der Waals surface area (Å²) < 4.78 is 19.3. The Kier molecular flexibility index (Phi) is 6.88. The summed E-state index contributed by atoms with van der Waals surface area (Å²) in [7, 11) is 1.41. The number of fused-ring (bicyclic) bond motifs is 1. The first-order valence-electron chi connectivity index (χ1n) is 9.33. The molecule has 0 saturated heterocycles. The van der Waals surface area contributed by atoms with Crippen molar-refractivity contribution in [3.05, 3.63) is 48.0 Å². The molecule has 2 aromatic carbocycles. The fourth-order valence-corrected chi connectivity index (χ4v) is 3.78. The van der Waals surface area contributed by atoms with E-state index in [2.05, 4.69) is 23.7 Å². The van der Waals surface area contributed by atoms with Gasteiger partial charge < -0.3 is 4.98 Å². The van der Waals surface area contributed by atoms with E-state index in [4.69, 9.17) is 9.32 Å². The number of hydrogen-bond acceptors (Lipinski definition) is 4. The van der Waals surface area contributed by atoms with Crippen LogP contribution in [0.2, 0.25) is 0 Å². The third kappa shape index (κ3) is 4.69. The molecule has 0 saturated carbocycles. The largest absolute Gasteiger partial charge is 0.342 e. The molecule has 1 heterocycles. The molecule has 144 valence electrons. The Morgan fingerprint density at radius 1 is 1.11 bits per heavy atom. The summed E-state index contributed by atoms with van der Waals surface area (Å²) in [5.74, 6) is 1.19. The molecule has 0 amide bonds. The number of benzene rings is 2. The molecule has 0 unspecified atom stereocenters. The van der Waals surface area contributed by atoms with Crippen LogP contribution in [0.4, 0.5) is 4.39 Å². The number of rotatable bonds is 9. The lowest BCUT2D eigenvalue weighted by atomic mass is 9.98. The Bertz CT molecular complexity index is 891. The SMILES string of the molecule is CCCC(CCC)c1nc2ccc(-c3ccc(SOOC)cc3F)cc2[nH]1. The first kappa shape index (κ1) is 19.9. The Morgan fingerprint density at radius 3 is 2.56 bits per heavy atom. The van der Waals surface area contributed by atoms with E-state index >= 15 is 0 Å². The maximum atomic E-state index is 14.6. The van der Waals surface area contributed by atoms with Gasteiger partial charge in [0.25, 0.3) is 0 Å². The van der Waals surface area contributed by atoms with Crippen LogP contribution in [0.5, 0.6) is 0 Å². The molecule has 0 aliphatic carbocycles. The van der Waals surface area contributed by atoms with Crippen LogP contribution in [0.3, 0.4) is 0 Å². The van der Waals surface area contributed by atoms with Crippen molar-refractivity contribution < 1.29 is 13.6 Å². The van der Waals surface area contributed by atoms with Gasteiger partial charge in [0.2, 0.25) is 0 Å². The zero-order valence-electron chi connectivity index (χ0n) is 15.9. The fraction of sp³-hybridized carbons (Fsp3) is 0.381. The van der Waals surface area contributed by atoms with Crippen molar-refractivity contribution in [2.75, 3.05) is 7.11 Å². The normalized spacial score (nSPS) is 11.6. The van der Waals surface area contributed by atoms with Gasteiger partial charge in [0.1, 0.15) is 11.6 Å². The van der Waals surface area contributed by atoms with Crippen molar-refractivity contribution in [2.45, 2.75) is 50.3 Å². The van der Waals surface area contributed by atoms with E-state index < -0.39 is 0 Å². The fourth-order valence-electron chi connectivity index (χ4n) is 3.36. The first-order chi connectivity index (χ1) is 13.2. The van der Waals surface area contributed by atoms with Gasteiger partial charge >= 0.3 is 0 Å². The Labute approximate surface area is 163 Å². The van der Waals surface area contributed by atoms with Gasteiger partial charge in [-0.05, 0) is 42.7 Å². The van der Waals surface area contributed by atoms with Crippen molar-refractivity contribution in [1.29, 1.82) is 0 Å². The van der Waals surface area contributed by atoms with E-state index in [1.54, 1.807) is 6.07 Å². The molecule has 0 spiro atoms. The average molecular weight is 389 g/mol. The van der Waals surface area contributed by atoms with Crippen molar-refractivity contribution in [1.82, 2.24) is 9.97 Å². The molecule has 6 heteroatoms. The number of nitrogens with zero attached hydrogens (tertiary/aromatic N) is 1. The predicted molar refractivity (Wildman–Crippen MR) is 108 cm³/mol. The molecule has 1 aromatic heterocycles. The van der Waals surface area contributed by atoms with Crippen LogP contribution in [0.15, 0.2) is 41.3 Å². The average Bonchev–Trinajstić information content (AvgIpc) is 3.09. The van der Waals surface area contributed by atoms with Crippen LogP contribution in [0.25, 0.3) is 22.2 Å². The number of nitrogens with one attached hydrogen (secondary N) is 1. The van der Waals surface area contributed by atoms with Crippen LogP contribution in [0.1, 0.15) is 51.3 Å². The van der Waals surface area contributed by atoms with E-state index in [1.165, 1.54) is 13.2 Å². The summed E-state index contributed by atoms with van der Waals surface area (Å²) in [5, 5.41) is 0. The molecular weight excluding hydrogens is 363 g/mol. The second-order valence-corrected chi connectivity index (χ2v) is 7.36. The van der Waals surface area contributed by atoms with E-state index in [-0.39, 0.29) is 5.82 Å². The molecule has 0 bridgehead atoms. The second-order valence-electron chi connectivity index (χ2n) is 6.59. The highest BCUT2D eigenvalue weighted by atomic mass is 32.2. The quantitative estimate of drug-likeness (QED) is 0.254. The number of hydrogen-bond donors (Lipinski definition) is 1. The minimum absolute atomic E-state index is 0.298. The zero-order valence-corrected chi connectivity index (χ0v) is 16.7. The lowest BCUT2D eigenvalue weighted by Crippen LogP contribution is -2.00. The number of halogens is 1. The standard InChI is InChI=1S/C21H25FN2O2S/c1-4-6-14(7-5-2)21-23-19-11-8-15(12-20(19)24-21)17-10-9-16(13-18(17)22)27-26-25-3/h8-14H,4-7H2,1-3H3,(H,23,24). The van der Waals surface area contributed by atoms with Crippen LogP contribution < -0.4 is 0 Å². The molecule has 4 nitrogen and oxygen atoms in total. The van der Waals surface area contributed by atoms with Crippen LogP contribution in [0, 0.1) is 5.82 Å². The van der Waals surface area contributed by atoms with Gasteiger partial charge in [0.05, 0.1) is 30.2 Å². The molecular formula is C21H25FN2O2S. The summed E-state index contributed by atoms with van der Waals surface area (Å²) in [4.78, 5) is 13.4. The number of aromatic amines is 1. The highest BCUT2D eigenvalue weighted by Crippen LogP contribution is 2.31. The zero-order chi connectivity index (χ0) is 19.2. The van der Waals surface area contributed by atoms with Crippen LogP contribution in [-0.2, 0) is 9.22 Å². The van der Waals surface area contributed by atoms with E-state index in [0.717, 1.165) is 60.1 Å². The molecule has 27 heavy (non-hydrogen) atoms. The highest BCUT2D eigenvalue weighted by molar-refractivity contribution is 7.94. The van der Waals surface area contributed by atoms with Gasteiger partial charge in [-0.2, -0.15) is 4.33 Å². The molecule has 0 aliphatic heterocycles. The van der Waals surface area contributed by atoms with Gasteiger partial charge in [0.15, 0.2) is 0 Å². The molecule has 1 N–H and O–H groups in total. The molecule has 3 aromatic rings. The molecule has 0 atom stereocenters. The summed E-state index contributed by atoms with van der Waals surface area (Å²) in [5.41, 5.74) is 3.24. The number of H-pyrrole nitrogens is 1. The van der Waals surface area contributed by atoms with Crippen molar-refractivity contribution >= 4 is 23.1 Å². The maximum absolute atomic E-state index is 14.6. The predicted octanol–water partition coefficient (Wildman–Crippen LogP) is 6.64. The Hall–Kier alpha value is -1.89. The highest BCUT2D eigenvalue weighted by Gasteiger charge is 2.15. The first-order valence-corrected chi connectivity index (χ1v) is 10.1. The van der Waals surface area contributed by atoms with E-state index in [0.29, 0.717) is 16.4 Å². The lowest BCUT2D eigenvalue weighted by Gasteiger charge is -2.11.